The molecule has 0 atom stereocenters. The van der Waals surface area contributed by atoms with Gasteiger partial charge in [0, 0.05) is 52.2 Å². The van der Waals surface area contributed by atoms with Gasteiger partial charge in [-0.15, -0.1) is 0 Å². The zero-order valence-electron chi connectivity index (χ0n) is 15.8. The van der Waals surface area contributed by atoms with Gasteiger partial charge >= 0.3 is 0 Å². The van der Waals surface area contributed by atoms with Crippen molar-refractivity contribution in [3.05, 3.63) is 22.7 Å². The van der Waals surface area contributed by atoms with E-state index in [1.54, 1.807) is 24.0 Å². The molecular formula is C18H30N6O2. The molecule has 2 heterocycles. The third-order valence-electron chi connectivity index (χ3n) is 5.27. The summed E-state index contributed by atoms with van der Waals surface area (Å²) in [6, 6.07) is 0. The second-order valence-electron chi connectivity index (χ2n) is 7.24. The van der Waals surface area contributed by atoms with Crippen molar-refractivity contribution in [3.63, 3.8) is 0 Å². The van der Waals surface area contributed by atoms with Gasteiger partial charge in [0.1, 0.15) is 0 Å². The Morgan fingerprint density at radius 3 is 2.65 bits per heavy atom. The van der Waals surface area contributed by atoms with Crippen molar-refractivity contribution in [3.8, 4) is 0 Å². The zero-order valence-corrected chi connectivity index (χ0v) is 15.8. The van der Waals surface area contributed by atoms with Crippen LogP contribution in [-0.4, -0.2) is 70.4 Å². The normalized spacial score (nSPS) is 20.5. The highest BCUT2D eigenvalue weighted by molar-refractivity contribution is 5.80. The molecule has 1 saturated heterocycles. The summed E-state index contributed by atoms with van der Waals surface area (Å²) in [6.07, 6.45) is 7.18. The standard InChI is InChI=1S/C18H30N6O2/c1-3-19-17(21-14-18(26)6-4-5-7-18)24-12-10-23(11-13-24)15-16(25)22(2)9-8-20-15/h8-9,26H,3-7,10-14H2,1-2H3,(H,19,21). The lowest BCUT2D eigenvalue weighted by Crippen LogP contribution is -2.54. The van der Waals surface area contributed by atoms with Crippen LogP contribution in [0.3, 0.4) is 0 Å². The van der Waals surface area contributed by atoms with E-state index in [0.717, 1.165) is 64.4 Å². The fourth-order valence-electron chi connectivity index (χ4n) is 3.67. The second kappa shape index (κ2) is 8.07. The minimum Gasteiger partial charge on any atom is -0.388 e. The summed E-state index contributed by atoms with van der Waals surface area (Å²) in [5.74, 6) is 1.36. The average molecular weight is 362 g/mol. The van der Waals surface area contributed by atoms with Crippen molar-refractivity contribution in [2.24, 2.45) is 12.0 Å². The molecule has 1 aromatic rings. The fraction of sp³-hybridized carbons (Fsp3) is 0.722. The first-order valence-corrected chi connectivity index (χ1v) is 9.55. The van der Waals surface area contributed by atoms with Gasteiger partial charge in [0.15, 0.2) is 11.8 Å². The van der Waals surface area contributed by atoms with Crippen LogP contribution >= 0.6 is 0 Å². The number of nitrogens with zero attached hydrogens (tertiary/aromatic N) is 5. The summed E-state index contributed by atoms with van der Waals surface area (Å²) in [7, 11) is 1.74. The number of aliphatic hydroxyl groups is 1. The van der Waals surface area contributed by atoms with Crippen LogP contribution in [0.1, 0.15) is 32.6 Å². The quantitative estimate of drug-likeness (QED) is 0.587. The SMILES string of the molecule is CCNC(=NCC1(O)CCCC1)N1CCN(c2nccn(C)c2=O)CC1. The summed E-state index contributed by atoms with van der Waals surface area (Å²) in [5.41, 5.74) is -0.701. The van der Waals surface area contributed by atoms with Crippen LogP contribution in [-0.2, 0) is 7.05 Å². The Bertz CT molecular complexity index is 687. The summed E-state index contributed by atoms with van der Waals surface area (Å²) in [5, 5.41) is 13.9. The minimum absolute atomic E-state index is 0.0648. The lowest BCUT2D eigenvalue weighted by molar-refractivity contribution is 0.0571. The first kappa shape index (κ1) is 18.7. The summed E-state index contributed by atoms with van der Waals surface area (Å²) in [6.45, 7) is 6.28. The predicted octanol–water partition coefficient (Wildman–Crippen LogP) is 0.173. The van der Waals surface area contributed by atoms with Crippen molar-refractivity contribution in [1.82, 2.24) is 19.8 Å². The van der Waals surface area contributed by atoms with Gasteiger partial charge in [-0.3, -0.25) is 9.79 Å². The molecule has 8 nitrogen and oxygen atoms in total. The van der Waals surface area contributed by atoms with Crippen molar-refractivity contribution < 1.29 is 5.11 Å². The maximum atomic E-state index is 12.3. The summed E-state index contributed by atoms with van der Waals surface area (Å²) in [4.78, 5) is 25.5. The number of aromatic nitrogens is 2. The molecule has 8 heteroatoms. The van der Waals surface area contributed by atoms with Gasteiger partial charge in [-0.05, 0) is 19.8 Å². The van der Waals surface area contributed by atoms with Gasteiger partial charge in [0.05, 0.1) is 12.1 Å². The van der Waals surface area contributed by atoms with Gasteiger partial charge in [-0.2, -0.15) is 0 Å². The monoisotopic (exact) mass is 362 g/mol. The predicted molar refractivity (Wildman–Crippen MR) is 103 cm³/mol. The number of rotatable bonds is 4. The van der Waals surface area contributed by atoms with Crippen LogP contribution < -0.4 is 15.8 Å². The lowest BCUT2D eigenvalue weighted by atomic mass is 10.0. The number of aliphatic imine (C=N–C) groups is 1. The molecule has 0 bridgehead atoms. The number of hydrogen-bond donors (Lipinski definition) is 2. The number of aryl methyl sites for hydroxylation is 1. The van der Waals surface area contributed by atoms with Crippen LogP contribution in [0.15, 0.2) is 22.2 Å². The molecule has 1 saturated carbocycles. The van der Waals surface area contributed by atoms with Crippen molar-refractivity contribution in [2.45, 2.75) is 38.2 Å². The molecule has 3 rings (SSSR count). The van der Waals surface area contributed by atoms with Gasteiger partial charge in [0.25, 0.3) is 5.56 Å². The number of piperazine rings is 1. The van der Waals surface area contributed by atoms with E-state index in [9.17, 15) is 9.90 Å². The smallest absolute Gasteiger partial charge is 0.293 e. The number of nitrogens with one attached hydrogen (secondary N) is 1. The Hall–Kier alpha value is -2.09. The van der Waals surface area contributed by atoms with Gasteiger partial charge in [-0.25, -0.2) is 4.98 Å². The molecule has 0 aromatic carbocycles. The van der Waals surface area contributed by atoms with Crippen LogP contribution in [0.5, 0.6) is 0 Å². The van der Waals surface area contributed by atoms with Crippen LogP contribution in [0.25, 0.3) is 0 Å². The molecule has 2 aliphatic rings. The van der Waals surface area contributed by atoms with E-state index in [4.69, 9.17) is 4.99 Å². The van der Waals surface area contributed by atoms with E-state index in [1.165, 1.54) is 0 Å². The van der Waals surface area contributed by atoms with E-state index in [-0.39, 0.29) is 5.56 Å². The van der Waals surface area contributed by atoms with Crippen LogP contribution in [0, 0.1) is 0 Å². The lowest BCUT2D eigenvalue weighted by Gasteiger charge is -2.37. The van der Waals surface area contributed by atoms with Crippen LogP contribution in [0.4, 0.5) is 5.82 Å². The first-order valence-electron chi connectivity index (χ1n) is 9.55. The Kier molecular flexibility index (Phi) is 5.80. The minimum atomic E-state index is -0.636. The topological polar surface area (TPSA) is 86.0 Å². The highest BCUT2D eigenvalue weighted by Crippen LogP contribution is 2.29. The maximum absolute atomic E-state index is 12.3. The van der Waals surface area contributed by atoms with Gasteiger partial charge in [0.2, 0.25) is 0 Å². The third kappa shape index (κ3) is 4.17. The zero-order chi connectivity index (χ0) is 18.6. The van der Waals surface area contributed by atoms with Gasteiger partial charge < -0.3 is 24.8 Å². The molecule has 144 valence electrons. The van der Waals surface area contributed by atoms with Crippen molar-refractivity contribution in [1.29, 1.82) is 0 Å². The molecule has 1 aromatic heterocycles. The molecule has 1 aliphatic heterocycles. The van der Waals surface area contributed by atoms with E-state index in [0.29, 0.717) is 12.4 Å². The molecule has 2 fully saturated rings. The molecule has 1 aliphatic carbocycles. The van der Waals surface area contributed by atoms with E-state index < -0.39 is 5.60 Å². The fourth-order valence-corrected chi connectivity index (χ4v) is 3.67. The highest BCUT2D eigenvalue weighted by atomic mass is 16.3. The number of anilines is 1. The van der Waals surface area contributed by atoms with Crippen molar-refractivity contribution >= 4 is 11.8 Å². The molecular weight excluding hydrogens is 332 g/mol. The van der Waals surface area contributed by atoms with Crippen LogP contribution in [0.2, 0.25) is 0 Å². The van der Waals surface area contributed by atoms with E-state index in [1.807, 2.05) is 11.8 Å². The molecule has 0 radical (unpaired) electrons. The Morgan fingerprint density at radius 1 is 1.31 bits per heavy atom. The Morgan fingerprint density at radius 2 is 2.00 bits per heavy atom. The number of guanidine groups is 1. The number of hydrogen-bond acceptors (Lipinski definition) is 5. The van der Waals surface area contributed by atoms with Gasteiger partial charge in [-0.1, -0.05) is 12.8 Å². The molecule has 26 heavy (non-hydrogen) atoms. The molecule has 0 spiro atoms. The molecule has 2 N–H and O–H groups in total. The van der Waals surface area contributed by atoms with Crippen molar-refractivity contribution in [2.75, 3.05) is 44.2 Å². The van der Waals surface area contributed by atoms with E-state index in [2.05, 4.69) is 15.2 Å². The largest absolute Gasteiger partial charge is 0.388 e. The summed E-state index contributed by atoms with van der Waals surface area (Å²) < 4.78 is 1.56. The Labute approximate surface area is 154 Å². The highest BCUT2D eigenvalue weighted by Gasteiger charge is 2.31. The third-order valence-corrected chi connectivity index (χ3v) is 5.27. The second-order valence-corrected chi connectivity index (χ2v) is 7.24. The first-order chi connectivity index (χ1) is 12.5. The summed E-state index contributed by atoms with van der Waals surface area (Å²) >= 11 is 0. The van der Waals surface area contributed by atoms with E-state index >= 15 is 0 Å². The maximum Gasteiger partial charge on any atom is 0.293 e. The Balaban J connectivity index is 1.64. The molecule has 0 amide bonds. The molecule has 0 unspecified atom stereocenters. The average Bonchev–Trinajstić information content (AvgIpc) is 3.08.